The Hall–Kier alpha value is -2.10. The van der Waals surface area contributed by atoms with Gasteiger partial charge < -0.3 is 4.90 Å². The number of hydrogen-bond acceptors (Lipinski definition) is 3. The quantitative estimate of drug-likeness (QED) is 0.700. The molecule has 0 aromatic heterocycles. The Morgan fingerprint density at radius 2 is 1.94 bits per heavy atom. The molecule has 4 nitrogen and oxygen atoms in total. The summed E-state index contributed by atoms with van der Waals surface area (Å²) in [6.07, 6.45) is 3.26. The van der Waals surface area contributed by atoms with Crippen LogP contribution in [0.1, 0.15) is 0 Å². The third-order valence-electron chi connectivity index (χ3n) is 2.17. The largest absolute Gasteiger partial charge is 0.382 e. The summed E-state index contributed by atoms with van der Waals surface area (Å²) in [5.74, 6) is -0.0973. The average Bonchev–Trinajstić information content (AvgIpc) is 2.61. The van der Waals surface area contributed by atoms with Gasteiger partial charge in [-0.1, -0.05) is 18.2 Å². The summed E-state index contributed by atoms with van der Waals surface area (Å²) in [4.78, 5) is 19.4. The summed E-state index contributed by atoms with van der Waals surface area (Å²) in [5.41, 5.74) is 1.28. The maximum atomic E-state index is 11.9. The summed E-state index contributed by atoms with van der Waals surface area (Å²) in [7, 11) is 3.72. The molecule has 1 aliphatic rings. The zero-order valence-corrected chi connectivity index (χ0v) is 9.29. The second-order valence-corrected chi connectivity index (χ2v) is 3.73. The summed E-state index contributed by atoms with van der Waals surface area (Å²) >= 11 is 0. The van der Waals surface area contributed by atoms with Gasteiger partial charge in [0.25, 0.3) is 5.91 Å². The zero-order valence-electron chi connectivity index (χ0n) is 9.29. The molecule has 1 aliphatic heterocycles. The number of anilines is 1. The number of carbonyl (C=O) groups excluding carboxylic acids is 1. The van der Waals surface area contributed by atoms with Crippen LogP contribution in [0.2, 0.25) is 0 Å². The molecule has 1 amide bonds. The minimum atomic E-state index is -0.0973. The predicted octanol–water partition coefficient (Wildman–Crippen LogP) is 1.46. The van der Waals surface area contributed by atoms with E-state index in [9.17, 15) is 4.79 Å². The SMILES string of the molecule is CN(C)/C=C1/N=CN(c2ccccc2)C1=O. The first-order chi connectivity index (χ1) is 7.68. The Bertz CT molecular complexity index is 449. The van der Waals surface area contributed by atoms with Crippen LogP contribution < -0.4 is 4.90 Å². The first-order valence-electron chi connectivity index (χ1n) is 4.99. The molecular weight excluding hydrogens is 202 g/mol. The molecule has 0 saturated heterocycles. The highest BCUT2D eigenvalue weighted by atomic mass is 16.2. The van der Waals surface area contributed by atoms with Crippen LogP contribution in [0.4, 0.5) is 5.69 Å². The molecule has 1 aromatic rings. The molecule has 16 heavy (non-hydrogen) atoms. The van der Waals surface area contributed by atoms with Crippen LogP contribution in [-0.2, 0) is 4.79 Å². The molecule has 2 rings (SSSR count). The van der Waals surface area contributed by atoms with Crippen molar-refractivity contribution in [3.05, 3.63) is 42.2 Å². The number of hydrogen-bond donors (Lipinski definition) is 0. The smallest absolute Gasteiger partial charge is 0.283 e. The number of carbonyl (C=O) groups is 1. The number of para-hydroxylation sites is 1. The van der Waals surface area contributed by atoms with E-state index in [1.165, 1.54) is 4.90 Å². The average molecular weight is 215 g/mol. The first-order valence-corrected chi connectivity index (χ1v) is 4.99. The number of aliphatic imine (C=N–C) groups is 1. The van der Waals surface area contributed by atoms with Crippen molar-refractivity contribution in [2.45, 2.75) is 0 Å². The predicted molar refractivity (Wildman–Crippen MR) is 64.2 cm³/mol. The zero-order chi connectivity index (χ0) is 11.5. The lowest BCUT2D eigenvalue weighted by Crippen LogP contribution is -2.25. The summed E-state index contributed by atoms with van der Waals surface area (Å²) in [5, 5.41) is 0. The molecule has 0 atom stereocenters. The standard InChI is InChI=1S/C12H13N3O/c1-14(2)8-11-12(16)15(9-13-11)10-6-4-3-5-7-10/h3-9H,1-2H3/b11-8+. The van der Waals surface area contributed by atoms with Gasteiger partial charge in [-0.3, -0.25) is 9.69 Å². The van der Waals surface area contributed by atoms with Gasteiger partial charge in [0.2, 0.25) is 0 Å². The molecule has 0 spiro atoms. The number of rotatable bonds is 2. The van der Waals surface area contributed by atoms with E-state index in [2.05, 4.69) is 4.99 Å². The highest BCUT2D eigenvalue weighted by molar-refractivity contribution is 6.20. The van der Waals surface area contributed by atoms with Crippen LogP contribution in [0.15, 0.2) is 47.2 Å². The molecule has 0 saturated carbocycles. The van der Waals surface area contributed by atoms with Crippen molar-refractivity contribution in [3.63, 3.8) is 0 Å². The van der Waals surface area contributed by atoms with E-state index in [0.29, 0.717) is 5.70 Å². The van der Waals surface area contributed by atoms with E-state index in [0.717, 1.165) is 5.69 Å². The fraction of sp³-hybridized carbons (Fsp3) is 0.167. The maximum Gasteiger partial charge on any atom is 0.283 e. The van der Waals surface area contributed by atoms with Crippen LogP contribution >= 0.6 is 0 Å². The van der Waals surface area contributed by atoms with Gasteiger partial charge in [0.1, 0.15) is 12.0 Å². The van der Waals surface area contributed by atoms with Crippen LogP contribution in [0.5, 0.6) is 0 Å². The Labute approximate surface area is 94.5 Å². The molecule has 0 fully saturated rings. The molecule has 82 valence electrons. The second kappa shape index (κ2) is 4.18. The van der Waals surface area contributed by atoms with E-state index in [4.69, 9.17) is 0 Å². The van der Waals surface area contributed by atoms with E-state index < -0.39 is 0 Å². The van der Waals surface area contributed by atoms with Crippen LogP contribution in [0.25, 0.3) is 0 Å². The van der Waals surface area contributed by atoms with Crippen LogP contribution in [-0.4, -0.2) is 31.2 Å². The lowest BCUT2D eigenvalue weighted by Gasteiger charge is -2.12. The van der Waals surface area contributed by atoms with Crippen LogP contribution in [0.3, 0.4) is 0 Å². The lowest BCUT2D eigenvalue weighted by atomic mass is 10.3. The van der Waals surface area contributed by atoms with Gasteiger partial charge in [-0.15, -0.1) is 0 Å². The van der Waals surface area contributed by atoms with Crippen molar-refractivity contribution in [2.75, 3.05) is 19.0 Å². The van der Waals surface area contributed by atoms with Gasteiger partial charge >= 0.3 is 0 Å². The summed E-state index contributed by atoms with van der Waals surface area (Å²) < 4.78 is 0. The Morgan fingerprint density at radius 3 is 2.56 bits per heavy atom. The lowest BCUT2D eigenvalue weighted by molar-refractivity contribution is -0.113. The van der Waals surface area contributed by atoms with Crippen molar-refractivity contribution >= 4 is 17.9 Å². The molecule has 1 aromatic carbocycles. The third kappa shape index (κ3) is 1.95. The number of nitrogens with zero attached hydrogens (tertiary/aromatic N) is 3. The Kier molecular flexibility index (Phi) is 2.72. The van der Waals surface area contributed by atoms with E-state index in [1.807, 2.05) is 44.4 Å². The van der Waals surface area contributed by atoms with Gasteiger partial charge in [-0.25, -0.2) is 4.99 Å². The van der Waals surface area contributed by atoms with E-state index in [-0.39, 0.29) is 5.91 Å². The molecule has 0 bridgehead atoms. The van der Waals surface area contributed by atoms with Gasteiger partial charge in [0, 0.05) is 20.3 Å². The maximum absolute atomic E-state index is 11.9. The van der Waals surface area contributed by atoms with Crippen molar-refractivity contribution in [1.29, 1.82) is 0 Å². The normalized spacial score (nSPS) is 17.2. The minimum absolute atomic E-state index is 0.0973. The highest BCUT2D eigenvalue weighted by Gasteiger charge is 2.23. The topological polar surface area (TPSA) is 35.9 Å². The molecule has 0 aliphatic carbocycles. The third-order valence-corrected chi connectivity index (χ3v) is 2.17. The number of benzene rings is 1. The summed E-state index contributed by atoms with van der Waals surface area (Å²) in [6, 6.07) is 9.46. The molecule has 0 unspecified atom stereocenters. The van der Waals surface area contributed by atoms with Gasteiger partial charge in [-0.05, 0) is 12.1 Å². The first kappa shape index (κ1) is 10.4. The minimum Gasteiger partial charge on any atom is -0.382 e. The van der Waals surface area contributed by atoms with Gasteiger partial charge in [-0.2, -0.15) is 0 Å². The Morgan fingerprint density at radius 1 is 1.25 bits per heavy atom. The molecule has 1 heterocycles. The van der Waals surface area contributed by atoms with Crippen molar-refractivity contribution in [3.8, 4) is 0 Å². The fourth-order valence-electron chi connectivity index (χ4n) is 1.46. The van der Waals surface area contributed by atoms with Crippen LogP contribution in [0, 0.1) is 0 Å². The van der Waals surface area contributed by atoms with Crippen molar-refractivity contribution < 1.29 is 4.79 Å². The highest BCUT2D eigenvalue weighted by Crippen LogP contribution is 2.19. The molecule has 0 radical (unpaired) electrons. The summed E-state index contributed by atoms with van der Waals surface area (Å²) in [6.45, 7) is 0. The molecule has 0 N–H and O–H groups in total. The van der Waals surface area contributed by atoms with Crippen molar-refractivity contribution in [2.24, 2.45) is 4.99 Å². The molecule has 4 heteroatoms. The number of amides is 1. The Balaban J connectivity index is 2.25. The van der Waals surface area contributed by atoms with Gasteiger partial charge in [0.15, 0.2) is 0 Å². The molecular formula is C12H13N3O. The monoisotopic (exact) mass is 215 g/mol. The fourth-order valence-corrected chi connectivity index (χ4v) is 1.46. The van der Waals surface area contributed by atoms with E-state index in [1.54, 1.807) is 17.4 Å². The second-order valence-electron chi connectivity index (χ2n) is 3.73. The van der Waals surface area contributed by atoms with E-state index >= 15 is 0 Å². The van der Waals surface area contributed by atoms with Gasteiger partial charge in [0.05, 0.1) is 5.69 Å². The van der Waals surface area contributed by atoms with Crippen molar-refractivity contribution in [1.82, 2.24) is 4.90 Å².